The molecule has 0 aliphatic carbocycles. The van der Waals surface area contributed by atoms with Crippen molar-refractivity contribution in [3.8, 4) is 0 Å². The first-order valence-electron chi connectivity index (χ1n) is 11.9. The summed E-state index contributed by atoms with van der Waals surface area (Å²) in [6.45, 7) is 7.55. The van der Waals surface area contributed by atoms with Crippen LogP contribution in [0.1, 0.15) is 49.8 Å². The number of nitrogens with one attached hydrogen (secondary N) is 1. The number of rotatable bonds is 12. The normalized spacial score (nSPS) is 12.2. The second-order valence-corrected chi connectivity index (χ2v) is 11.6. The average Bonchev–Trinajstić information content (AvgIpc) is 2.79. The molecular formula is C26H35Cl2N3O4S. The molecule has 0 saturated carbocycles. The first-order chi connectivity index (χ1) is 16.9. The first kappa shape index (κ1) is 29.9. The Morgan fingerprint density at radius 2 is 1.75 bits per heavy atom. The van der Waals surface area contributed by atoms with Crippen molar-refractivity contribution in [2.24, 2.45) is 0 Å². The Hall–Kier alpha value is -2.29. The van der Waals surface area contributed by atoms with Gasteiger partial charge in [-0.1, -0.05) is 61.7 Å². The fourth-order valence-electron chi connectivity index (χ4n) is 3.84. The summed E-state index contributed by atoms with van der Waals surface area (Å²) in [6, 6.07) is 9.55. The molecule has 0 unspecified atom stereocenters. The molecule has 0 saturated heterocycles. The van der Waals surface area contributed by atoms with Gasteiger partial charge >= 0.3 is 0 Å². The lowest BCUT2D eigenvalue weighted by Gasteiger charge is -2.33. The maximum atomic E-state index is 13.8. The van der Waals surface area contributed by atoms with Crippen molar-refractivity contribution in [1.29, 1.82) is 0 Å². The van der Waals surface area contributed by atoms with E-state index in [-0.39, 0.29) is 12.5 Å². The predicted octanol–water partition coefficient (Wildman–Crippen LogP) is 5.10. The number of unbranched alkanes of at least 4 members (excludes halogenated alkanes) is 1. The summed E-state index contributed by atoms with van der Waals surface area (Å²) < 4.78 is 26.7. The maximum absolute atomic E-state index is 13.8. The van der Waals surface area contributed by atoms with Crippen molar-refractivity contribution in [3.05, 3.63) is 63.1 Å². The summed E-state index contributed by atoms with van der Waals surface area (Å²) in [4.78, 5) is 28.2. The van der Waals surface area contributed by atoms with Crippen LogP contribution in [0, 0.1) is 13.8 Å². The highest BCUT2D eigenvalue weighted by molar-refractivity contribution is 7.92. The number of hydrogen-bond donors (Lipinski definition) is 1. The van der Waals surface area contributed by atoms with Crippen LogP contribution >= 0.6 is 23.2 Å². The quantitative estimate of drug-likeness (QED) is 0.369. The van der Waals surface area contributed by atoms with Gasteiger partial charge in [-0.15, -0.1) is 0 Å². The number of benzene rings is 2. The van der Waals surface area contributed by atoms with Crippen LogP contribution in [0.15, 0.2) is 36.4 Å². The molecule has 1 atom stereocenters. The minimum absolute atomic E-state index is 0.0267. The summed E-state index contributed by atoms with van der Waals surface area (Å²) in [5.74, 6) is -0.799. The third-order valence-corrected chi connectivity index (χ3v) is 7.60. The van der Waals surface area contributed by atoms with E-state index >= 15 is 0 Å². The molecule has 2 amide bonds. The highest BCUT2D eigenvalue weighted by Gasteiger charge is 2.32. The zero-order chi connectivity index (χ0) is 27.0. The summed E-state index contributed by atoms with van der Waals surface area (Å²) >= 11 is 12.4. The Balaban J connectivity index is 2.48. The largest absolute Gasteiger partial charge is 0.354 e. The third kappa shape index (κ3) is 8.11. The van der Waals surface area contributed by atoms with Crippen LogP contribution in [0.3, 0.4) is 0 Å². The molecule has 0 heterocycles. The van der Waals surface area contributed by atoms with Crippen molar-refractivity contribution in [1.82, 2.24) is 10.2 Å². The molecule has 7 nitrogen and oxygen atoms in total. The van der Waals surface area contributed by atoms with E-state index in [1.165, 1.54) is 4.90 Å². The first-order valence-corrected chi connectivity index (χ1v) is 14.6. The number of anilines is 1. The van der Waals surface area contributed by atoms with Gasteiger partial charge in [0.15, 0.2) is 0 Å². The minimum Gasteiger partial charge on any atom is -0.354 e. The minimum atomic E-state index is -3.80. The van der Waals surface area contributed by atoms with E-state index in [1.54, 1.807) is 31.2 Å². The molecule has 0 fully saturated rings. The summed E-state index contributed by atoms with van der Waals surface area (Å²) in [7, 11) is -3.80. The molecule has 0 aromatic heterocycles. The van der Waals surface area contributed by atoms with E-state index in [0.29, 0.717) is 34.3 Å². The van der Waals surface area contributed by atoms with E-state index in [2.05, 4.69) is 5.32 Å². The van der Waals surface area contributed by atoms with Crippen LogP contribution in [-0.4, -0.2) is 50.5 Å². The topological polar surface area (TPSA) is 86.8 Å². The molecule has 36 heavy (non-hydrogen) atoms. The van der Waals surface area contributed by atoms with Gasteiger partial charge in [0, 0.05) is 23.1 Å². The average molecular weight is 557 g/mol. The molecule has 2 aromatic rings. The maximum Gasteiger partial charge on any atom is 0.244 e. The van der Waals surface area contributed by atoms with Gasteiger partial charge in [-0.05, 0) is 61.6 Å². The van der Waals surface area contributed by atoms with Gasteiger partial charge < -0.3 is 10.2 Å². The van der Waals surface area contributed by atoms with Crippen molar-refractivity contribution in [2.75, 3.05) is 23.7 Å². The molecule has 2 rings (SSSR count). The number of carbonyl (C=O) groups is 2. The Kier molecular flexibility index (Phi) is 11.1. The van der Waals surface area contributed by atoms with Crippen molar-refractivity contribution < 1.29 is 18.0 Å². The highest BCUT2D eigenvalue weighted by Crippen LogP contribution is 2.26. The van der Waals surface area contributed by atoms with Crippen molar-refractivity contribution >= 4 is 50.7 Å². The smallest absolute Gasteiger partial charge is 0.244 e. The van der Waals surface area contributed by atoms with Crippen LogP contribution in [-0.2, 0) is 26.2 Å². The molecule has 0 aliphatic heterocycles. The van der Waals surface area contributed by atoms with E-state index in [4.69, 9.17) is 23.2 Å². The zero-order valence-electron chi connectivity index (χ0n) is 21.5. The van der Waals surface area contributed by atoms with Gasteiger partial charge in [0.25, 0.3) is 0 Å². The monoisotopic (exact) mass is 555 g/mol. The molecule has 0 bridgehead atoms. The number of hydrogen-bond acceptors (Lipinski definition) is 4. The summed E-state index contributed by atoms with van der Waals surface area (Å²) in [5.41, 5.74) is 2.61. The molecule has 198 valence electrons. The molecule has 0 radical (unpaired) electrons. The fourth-order valence-corrected chi connectivity index (χ4v) is 5.21. The number of sulfonamides is 1. The van der Waals surface area contributed by atoms with E-state index in [1.807, 2.05) is 32.9 Å². The Bertz CT molecular complexity index is 1190. The second kappa shape index (κ2) is 13.3. The zero-order valence-corrected chi connectivity index (χ0v) is 23.8. The van der Waals surface area contributed by atoms with Gasteiger partial charge in [0.05, 0.1) is 11.9 Å². The van der Waals surface area contributed by atoms with Gasteiger partial charge in [-0.2, -0.15) is 0 Å². The van der Waals surface area contributed by atoms with Crippen LogP contribution in [0.5, 0.6) is 0 Å². The molecule has 2 aromatic carbocycles. The van der Waals surface area contributed by atoms with Gasteiger partial charge in [-0.25, -0.2) is 8.42 Å². The lowest BCUT2D eigenvalue weighted by atomic mass is 10.1. The molecule has 0 spiro atoms. The van der Waals surface area contributed by atoms with Gasteiger partial charge in [-0.3, -0.25) is 13.9 Å². The molecule has 1 N–H and O–H groups in total. The third-order valence-electron chi connectivity index (χ3n) is 5.88. The summed E-state index contributed by atoms with van der Waals surface area (Å²) in [5, 5.41) is 3.70. The Morgan fingerprint density at radius 3 is 2.33 bits per heavy atom. The number of carbonyl (C=O) groups excluding carboxylic acids is 2. The van der Waals surface area contributed by atoms with E-state index < -0.39 is 28.5 Å². The van der Waals surface area contributed by atoms with Crippen molar-refractivity contribution in [3.63, 3.8) is 0 Å². The van der Waals surface area contributed by atoms with Crippen LogP contribution in [0.25, 0.3) is 0 Å². The number of aryl methyl sites for hydroxylation is 2. The second-order valence-electron chi connectivity index (χ2n) is 8.89. The van der Waals surface area contributed by atoms with E-state index in [9.17, 15) is 18.0 Å². The molecular weight excluding hydrogens is 521 g/mol. The highest BCUT2D eigenvalue weighted by atomic mass is 35.5. The Labute approximate surface area is 224 Å². The Morgan fingerprint density at radius 1 is 1.06 bits per heavy atom. The van der Waals surface area contributed by atoms with Gasteiger partial charge in [0.1, 0.15) is 12.6 Å². The van der Waals surface area contributed by atoms with E-state index in [0.717, 1.165) is 34.5 Å². The lowest BCUT2D eigenvalue weighted by Crippen LogP contribution is -2.52. The van der Waals surface area contributed by atoms with Crippen LogP contribution in [0.4, 0.5) is 5.69 Å². The SMILES string of the molecule is CCCCNC(=O)[C@H](CC)N(Cc1ccc(Cl)cc1Cl)C(=O)CN(c1cc(C)ccc1C)S(C)(=O)=O. The number of halogens is 2. The van der Waals surface area contributed by atoms with Gasteiger partial charge in [0.2, 0.25) is 21.8 Å². The standard InChI is InChI=1S/C26H35Cl2N3O4S/c1-6-8-13-29-26(33)23(7-2)30(16-20-11-12-21(27)15-22(20)28)25(32)17-31(36(5,34)35)24-14-18(3)9-10-19(24)4/h9-12,14-15,23H,6-8,13,16-17H2,1-5H3,(H,29,33)/t23-/m0/s1. The number of nitrogens with zero attached hydrogens (tertiary/aromatic N) is 2. The van der Waals surface area contributed by atoms with Crippen LogP contribution in [0.2, 0.25) is 10.0 Å². The van der Waals surface area contributed by atoms with Crippen LogP contribution < -0.4 is 9.62 Å². The van der Waals surface area contributed by atoms with Crippen molar-refractivity contribution in [2.45, 2.75) is 59.5 Å². The molecule has 0 aliphatic rings. The predicted molar refractivity (Wildman–Crippen MR) is 147 cm³/mol. The number of amides is 2. The summed E-state index contributed by atoms with van der Waals surface area (Å²) in [6.07, 6.45) is 3.14. The molecule has 10 heteroatoms. The lowest BCUT2D eigenvalue weighted by molar-refractivity contribution is -0.140. The fraction of sp³-hybridized carbons (Fsp3) is 0.462.